The van der Waals surface area contributed by atoms with Crippen molar-refractivity contribution in [2.24, 2.45) is 0 Å². The van der Waals surface area contributed by atoms with Gasteiger partial charge in [-0.15, -0.1) is 0 Å². The molecule has 2 N–H and O–H groups in total. The second kappa shape index (κ2) is 5.33. The number of nitrogen functional groups attached to an aromatic ring is 1. The van der Waals surface area contributed by atoms with Crippen LogP contribution in [0.5, 0.6) is 0 Å². The zero-order valence-corrected chi connectivity index (χ0v) is 11.3. The maximum absolute atomic E-state index is 12.2. The molecule has 0 unspecified atom stereocenters. The molecule has 0 aromatic heterocycles. The molecule has 0 atom stereocenters. The molecule has 20 heavy (non-hydrogen) atoms. The summed E-state index contributed by atoms with van der Waals surface area (Å²) in [5, 5.41) is 0. The highest BCUT2D eigenvalue weighted by molar-refractivity contribution is 6.08. The Labute approximate surface area is 118 Å². The number of para-hydroxylation sites is 1. The van der Waals surface area contributed by atoms with E-state index in [0.29, 0.717) is 6.42 Å². The summed E-state index contributed by atoms with van der Waals surface area (Å²) in [6.45, 7) is 0. The number of hydrogen-bond donors (Lipinski definition) is 1. The molecule has 1 fully saturated rings. The number of Topliss-reactive ketones (excluding diaryl/α,β-unsaturated/α-hetero) is 1. The van der Waals surface area contributed by atoms with Crippen molar-refractivity contribution in [3.8, 4) is 0 Å². The van der Waals surface area contributed by atoms with Gasteiger partial charge in [0.1, 0.15) is 0 Å². The van der Waals surface area contributed by atoms with Gasteiger partial charge in [-0.3, -0.25) is 4.79 Å². The van der Waals surface area contributed by atoms with Crippen LogP contribution in [0.25, 0.3) is 5.57 Å². The largest absolute Gasteiger partial charge is 0.398 e. The minimum Gasteiger partial charge on any atom is -0.398 e. The second-order valence-electron chi connectivity index (χ2n) is 5.08. The maximum Gasteiger partial charge on any atom is 0.159 e. The smallest absolute Gasteiger partial charge is 0.159 e. The summed E-state index contributed by atoms with van der Waals surface area (Å²) in [7, 11) is 0. The summed E-state index contributed by atoms with van der Waals surface area (Å²) < 4.78 is 0. The number of hydrogen-bond acceptors (Lipinski definition) is 2. The van der Waals surface area contributed by atoms with Gasteiger partial charge in [0.05, 0.1) is 0 Å². The van der Waals surface area contributed by atoms with Crippen LogP contribution in [0.1, 0.15) is 30.4 Å². The number of carbonyl (C=O) groups is 1. The van der Waals surface area contributed by atoms with Crippen molar-refractivity contribution >= 4 is 17.0 Å². The van der Waals surface area contributed by atoms with E-state index in [1.807, 2.05) is 54.6 Å². The lowest BCUT2D eigenvalue weighted by atomic mass is 9.91. The number of allylic oxidation sites excluding steroid dienone is 1. The van der Waals surface area contributed by atoms with E-state index in [1.54, 1.807) is 0 Å². The Balaban J connectivity index is 2.25. The predicted molar refractivity (Wildman–Crippen MR) is 82.2 cm³/mol. The van der Waals surface area contributed by atoms with Gasteiger partial charge in [-0.2, -0.15) is 0 Å². The molecule has 0 saturated heterocycles. The lowest BCUT2D eigenvalue weighted by Crippen LogP contribution is -2.02. The molecule has 0 radical (unpaired) electrons. The van der Waals surface area contributed by atoms with Crippen LogP contribution in [-0.4, -0.2) is 5.78 Å². The fraction of sp³-hybridized carbons (Fsp3) is 0.167. The number of anilines is 1. The molecular weight excluding hydrogens is 246 g/mol. The quantitative estimate of drug-likeness (QED) is 0.661. The molecule has 2 aromatic rings. The topological polar surface area (TPSA) is 43.1 Å². The Morgan fingerprint density at radius 1 is 0.900 bits per heavy atom. The van der Waals surface area contributed by atoms with Gasteiger partial charge < -0.3 is 5.73 Å². The average Bonchev–Trinajstić information content (AvgIpc) is 2.89. The van der Waals surface area contributed by atoms with E-state index in [9.17, 15) is 4.79 Å². The summed E-state index contributed by atoms with van der Waals surface area (Å²) in [6.07, 6.45) is 2.44. The molecule has 0 heterocycles. The molecule has 0 amide bonds. The monoisotopic (exact) mass is 263 g/mol. The van der Waals surface area contributed by atoms with Crippen LogP contribution < -0.4 is 5.73 Å². The van der Waals surface area contributed by atoms with Crippen LogP contribution in [0.2, 0.25) is 0 Å². The lowest BCUT2D eigenvalue weighted by Gasteiger charge is -2.14. The van der Waals surface area contributed by atoms with Crippen molar-refractivity contribution in [1.82, 2.24) is 0 Å². The highest BCUT2D eigenvalue weighted by Crippen LogP contribution is 2.36. The molecule has 1 saturated carbocycles. The Bertz CT molecular complexity index is 671. The first-order chi connectivity index (χ1) is 9.77. The van der Waals surface area contributed by atoms with Crippen molar-refractivity contribution < 1.29 is 4.79 Å². The van der Waals surface area contributed by atoms with Crippen LogP contribution in [0, 0.1) is 0 Å². The van der Waals surface area contributed by atoms with E-state index in [-0.39, 0.29) is 5.78 Å². The molecule has 1 aliphatic carbocycles. The fourth-order valence-electron chi connectivity index (χ4n) is 2.80. The second-order valence-corrected chi connectivity index (χ2v) is 5.08. The van der Waals surface area contributed by atoms with E-state index in [1.165, 1.54) is 0 Å². The number of carbonyl (C=O) groups excluding carboxylic acids is 1. The standard InChI is InChI=1S/C18H17NO/c19-16-11-5-4-9-14(16)18(13-7-2-1-3-8-13)15-10-6-12-17(15)20/h1-5,7-9,11H,6,10,12,19H2/b18-15+. The molecule has 1 aliphatic rings. The van der Waals surface area contributed by atoms with Crippen LogP contribution in [-0.2, 0) is 4.79 Å². The molecule has 0 spiro atoms. The first-order valence-corrected chi connectivity index (χ1v) is 6.94. The van der Waals surface area contributed by atoms with Crippen LogP contribution in [0.4, 0.5) is 5.69 Å². The van der Waals surface area contributed by atoms with Crippen LogP contribution >= 0.6 is 0 Å². The van der Waals surface area contributed by atoms with Crippen molar-refractivity contribution in [3.63, 3.8) is 0 Å². The van der Waals surface area contributed by atoms with E-state index in [4.69, 9.17) is 5.73 Å². The highest BCUT2D eigenvalue weighted by atomic mass is 16.1. The summed E-state index contributed by atoms with van der Waals surface area (Å²) >= 11 is 0. The van der Waals surface area contributed by atoms with Crippen LogP contribution in [0.3, 0.4) is 0 Å². The third-order valence-electron chi connectivity index (χ3n) is 3.76. The first kappa shape index (κ1) is 12.7. The van der Waals surface area contributed by atoms with Crippen molar-refractivity contribution in [2.45, 2.75) is 19.3 Å². The van der Waals surface area contributed by atoms with Gasteiger partial charge in [0.2, 0.25) is 0 Å². The Morgan fingerprint density at radius 2 is 1.60 bits per heavy atom. The normalized spacial score (nSPS) is 17.3. The molecule has 0 aliphatic heterocycles. The molecule has 100 valence electrons. The average molecular weight is 263 g/mol. The zero-order chi connectivity index (χ0) is 13.9. The predicted octanol–water partition coefficient (Wildman–Crippen LogP) is 3.82. The van der Waals surface area contributed by atoms with Crippen molar-refractivity contribution in [1.29, 1.82) is 0 Å². The number of rotatable bonds is 2. The summed E-state index contributed by atoms with van der Waals surface area (Å²) in [5.74, 6) is 0.257. The van der Waals surface area contributed by atoms with Crippen molar-refractivity contribution in [2.75, 3.05) is 5.73 Å². The third-order valence-corrected chi connectivity index (χ3v) is 3.76. The van der Waals surface area contributed by atoms with Gasteiger partial charge in [0, 0.05) is 23.2 Å². The third kappa shape index (κ3) is 2.25. The van der Waals surface area contributed by atoms with E-state index >= 15 is 0 Å². The van der Waals surface area contributed by atoms with Gasteiger partial charge in [-0.25, -0.2) is 0 Å². The van der Waals surface area contributed by atoms with Gasteiger partial charge in [-0.05, 0) is 30.0 Å². The molecule has 2 aromatic carbocycles. The molecule has 2 heteroatoms. The molecule has 3 rings (SSSR count). The van der Waals surface area contributed by atoms with Crippen molar-refractivity contribution in [3.05, 3.63) is 71.3 Å². The SMILES string of the molecule is Nc1ccccc1/C(=C1\CCCC1=O)c1ccccc1. The Morgan fingerprint density at radius 3 is 2.25 bits per heavy atom. The number of ketones is 1. The van der Waals surface area contributed by atoms with Gasteiger partial charge in [-0.1, -0.05) is 48.5 Å². The summed E-state index contributed by atoms with van der Waals surface area (Å²) in [5.41, 5.74) is 10.8. The summed E-state index contributed by atoms with van der Waals surface area (Å²) in [4.78, 5) is 12.2. The Kier molecular flexibility index (Phi) is 3.38. The maximum atomic E-state index is 12.2. The molecular formula is C18H17NO. The molecule has 0 bridgehead atoms. The summed E-state index contributed by atoms with van der Waals surface area (Å²) in [6, 6.07) is 17.8. The minimum absolute atomic E-state index is 0.257. The minimum atomic E-state index is 0.257. The van der Waals surface area contributed by atoms with Crippen LogP contribution in [0.15, 0.2) is 60.2 Å². The van der Waals surface area contributed by atoms with Gasteiger partial charge in [0.25, 0.3) is 0 Å². The lowest BCUT2D eigenvalue weighted by molar-refractivity contribution is -0.114. The number of benzene rings is 2. The van der Waals surface area contributed by atoms with E-state index in [2.05, 4.69) is 0 Å². The Hall–Kier alpha value is -2.35. The zero-order valence-electron chi connectivity index (χ0n) is 11.3. The molecule has 2 nitrogen and oxygen atoms in total. The number of nitrogens with two attached hydrogens (primary N) is 1. The highest BCUT2D eigenvalue weighted by Gasteiger charge is 2.23. The van der Waals surface area contributed by atoms with Gasteiger partial charge >= 0.3 is 0 Å². The van der Waals surface area contributed by atoms with E-state index < -0.39 is 0 Å². The first-order valence-electron chi connectivity index (χ1n) is 6.94. The van der Waals surface area contributed by atoms with Gasteiger partial charge in [0.15, 0.2) is 5.78 Å². The van der Waals surface area contributed by atoms with E-state index in [0.717, 1.165) is 40.8 Å². The fourth-order valence-corrected chi connectivity index (χ4v) is 2.80.